The van der Waals surface area contributed by atoms with E-state index in [2.05, 4.69) is 49.3 Å². The van der Waals surface area contributed by atoms with Gasteiger partial charge in [-0.15, -0.1) is 0 Å². The molecule has 1 N–H and O–H groups in total. The Morgan fingerprint density at radius 2 is 1.61 bits per heavy atom. The first-order chi connectivity index (χ1) is 13.5. The van der Waals surface area contributed by atoms with Crippen LogP contribution in [0.2, 0.25) is 5.02 Å². The molecule has 0 radical (unpaired) electrons. The number of anilines is 1. The Kier molecular flexibility index (Phi) is 7.65. The predicted molar refractivity (Wildman–Crippen MR) is 123 cm³/mol. The number of benzene rings is 3. The van der Waals surface area contributed by atoms with Gasteiger partial charge < -0.3 is 14.8 Å². The molecule has 0 heterocycles. The lowest BCUT2D eigenvalue weighted by molar-refractivity contribution is 0.302. The van der Waals surface area contributed by atoms with Crippen LogP contribution < -0.4 is 14.8 Å². The lowest BCUT2D eigenvalue weighted by Crippen LogP contribution is -2.02. The van der Waals surface area contributed by atoms with Gasteiger partial charge in [-0.05, 0) is 98.4 Å². The summed E-state index contributed by atoms with van der Waals surface area (Å²) in [6.45, 7) is 3.78. The number of rotatable bonds is 8. The molecule has 0 atom stereocenters. The highest BCUT2D eigenvalue weighted by molar-refractivity contribution is 9.11. The minimum Gasteiger partial charge on any atom is -0.494 e. The number of ether oxygens (including phenoxy) is 2. The number of nitrogens with one attached hydrogen (secondary N) is 1. The third-order valence-electron chi connectivity index (χ3n) is 3.99. The van der Waals surface area contributed by atoms with Gasteiger partial charge in [0, 0.05) is 17.3 Å². The van der Waals surface area contributed by atoms with Crippen molar-refractivity contribution in [3.63, 3.8) is 0 Å². The molecule has 28 heavy (non-hydrogen) atoms. The second-order valence-electron chi connectivity index (χ2n) is 6.12. The van der Waals surface area contributed by atoms with E-state index in [1.165, 1.54) is 0 Å². The van der Waals surface area contributed by atoms with E-state index in [9.17, 15) is 0 Å². The lowest BCUT2D eigenvalue weighted by atomic mass is 10.2. The molecule has 0 fully saturated rings. The van der Waals surface area contributed by atoms with Crippen molar-refractivity contribution in [1.29, 1.82) is 0 Å². The summed E-state index contributed by atoms with van der Waals surface area (Å²) in [6.07, 6.45) is 0. The van der Waals surface area contributed by atoms with Gasteiger partial charge in [-0.3, -0.25) is 0 Å². The fourth-order valence-corrected chi connectivity index (χ4v) is 4.40. The molecular formula is C22H20Br2ClNO2. The van der Waals surface area contributed by atoms with Crippen LogP contribution in [0.3, 0.4) is 0 Å². The van der Waals surface area contributed by atoms with Crippen molar-refractivity contribution in [2.24, 2.45) is 0 Å². The van der Waals surface area contributed by atoms with Gasteiger partial charge in [0.1, 0.15) is 18.1 Å². The molecule has 0 bridgehead atoms. The summed E-state index contributed by atoms with van der Waals surface area (Å²) in [7, 11) is 0. The molecule has 0 aromatic heterocycles. The Balaban J connectivity index is 1.62. The van der Waals surface area contributed by atoms with Crippen LogP contribution in [0.1, 0.15) is 18.1 Å². The molecule has 146 valence electrons. The van der Waals surface area contributed by atoms with Crippen molar-refractivity contribution in [1.82, 2.24) is 0 Å². The number of hydrogen-bond acceptors (Lipinski definition) is 3. The second-order valence-corrected chi connectivity index (χ2v) is 8.26. The molecule has 0 amide bonds. The first kappa shape index (κ1) is 21.0. The summed E-state index contributed by atoms with van der Waals surface area (Å²) in [4.78, 5) is 0. The molecular weight excluding hydrogens is 506 g/mol. The minimum absolute atomic E-state index is 0.446. The SMILES string of the molecule is CCOc1ccc(NCc2cc(Br)c(OCc3cccc(Cl)c3)c(Br)c2)cc1. The first-order valence-corrected chi connectivity index (χ1v) is 10.8. The number of hydrogen-bond donors (Lipinski definition) is 1. The molecule has 3 aromatic carbocycles. The highest BCUT2D eigenvalue weighted by Crippen LogP contribution is 2.35. The standard InChI is InChI=1S/C22H20Br2ClNO2/c1-2-27-19-8-6-18(7-9-19)26-13-16-11-20(23)22(21(24)12-16)28-14-15-4-3-5-17(25)10-15/h3-12,26H,2,13-14H2,1H3. The van der Waals surface area contributed by atoms with Crippen LogP contribution in [0.5, 0.6) is 11.5 Å². The molecule has 0 aliphatic heterocycles. The average Bonchev–Trinajstić information content (AvgIpc) is 2.67. The maximum absolute atomic E-state index is 6.03. The number of halogens is 3. The van der Waals surface area contributed by atoms with Gasteiger partial charge in [-0.25, -0.2) is 0 Å². The van der Waals surface area contributed by atoms with Crippen molar-refractivity contribution >= 4 is 49.1 Å². The van der Waals surface area contributed by atoms with E-state index in [4.69, 9.17) is 21.1 Å². The van der Waals surface area contributed by atoms with Crippen LogP contribution >= 0.6 is 43.5 Å². The van der Waals surface area contributed by atoms with Gasteiger partial charge in [0.15, 0.2) is 0 Å². The fraction of sp³-hybridized carbons (Fsp3) is 0.182. The summed E-state index contributed by atoms with van der Waals surface area (Å²) in [5, 5.41) is 4.12. The topological polar surface area (TPSA) is 30.5 Å². The summed E-state index contributed by atoms with van der Waals surface area (Å²) in [6, 6.07) is 19.7. The molecule has 0 aliphatic rings. The largest absolute Gasteiger partial charge is 0.494 e. The van der Waals surface area contributed by atoms with Crippen molar-refractivity contribution in [2.45, 2.75) is 20.1 Å². The van der Waals surface area contributed by atoms with Gasteiger partial charge in [-0.2, -0.15) is 0 Å². The zero-order valence-corrected chi connectivity index (χ0v) is 19.3. The van der Waals surface area contributed by atoms with E-state index in [0.29, 0.717) is 24.8 Å². The smallest absolute Gasteiger partial charge is 0.148 e. The first-order valence-electron chi connectivity index (χ1n) is 8.87. The lowest BCUT2D eigenvalue weighted by Gasteiger charge is -2.14. The zero-order chi connectivity index (χ0) is 19.9. The molecule has 0 saturated heterocycles. The van der Waals surface area contributed by atoms with E-state index < -0.39 is 0 Å². The third-order valence-corrected chi connectivity index (χ3v) is 5.41. The third kappa shape index (κ3) is 5.90. The maximum atomic E-state index is 6.03. The van der Waals surface area contributed by atoms with E-state index >= 15 is 0 Å². The summed E-state index contributed by atoms with van der Waals surface area (Å²) in [5.41, 5.74) is 3.19. The normalized spacial score (nSPS) is 10.6. The molecule has 3 nitrogen and oxygen atoms in total. The molecule has 6 heteroatoms. The Hall–Kier alpha value is -1.69. The monoisotopic (exact) mass is 523 g/mol. The molecule has 0 spiro atoms. The van der Waals surface area contributed by atoms with Crippen molar-refractivity contribution < 1.29 is 9.47 Å². The van der Waals surface area contributed by atoms with Crippen LogP contribution in [-0.4, -0.2) is 6.61 Å². The molecule has 3 rings (SSSR count). The summed E-state index contributed by atoms with van der Waals surface area (Å²) >= 11 is 13.3. The second kappa shape index (κ2) is 10.2. The highest BCUT2D eigenvalue weighted by atomic mass is 79.9. The minimum atomic E-state index is 0.446. The van der Waals surface area contributed by atoms with E-state index in [0.717, 1.165) is 37.3 Å². The van der Waals surface area contributed by atoms with Crippen molar-refractivity contribution in [3.05, 3.63) is 85.8 Å². The van der Waals surface area contributed by atoms with Gasteiger partial charge in [0.25, 0.3) is 0 Å². The van der Waals surface area contributed by atoms with Crippen molar-refractivity contribution in [3.8, 4) is 11.5 Å². The van der Waals surface area contributed by atoms with E-state index in [-0.39, 0.29) is 0 Å². The Bertz CT molecular complexity index is 909. The highest BCUT2D eigenvalue weighted by Gasteiger charge is 2.10. The van der Waals surface area contributed by atoms with E-state index in [1.807, 2.05) is 55.5 Å². The van der Waals surface area contributed by atoms with E-state index in [1.54, 1.807) is 0 Å². The van der Waals surface area contributed by atoms with Crippen LogP contribution in [0, 0.1) is 0 Å². The van der Waals surface area contributed by atoms with Crippen LogP contribution in [-0.2, 0) is 13.2 Å². The predicted octanol–water partition coefficient (Wildman–Crippen LogP) is 7.45. The van der Waals surface area contributed by atoms with Gasteiger partial charge in [0.2, 0.25) is 0 Å². The average molecular weight is 526 g/mol. The van der Waals surface area contributed by atoms with Crippen LogP contribution in [0.4, 0.5) is 5.69 Å². The van der Waals surface area contributed by atoms with Gasteiger partial charge in [0.05, 0.1) is 15.6 Å². The molecule has 0 saturated carbocycles. The van der Waals surface area contributed by atoms with Crippen molar-refractivity contribution in [2.75, 3.05) is 11.9 Å². The zero-order valence-electron chi connectivity index (χ0n) is 15.3. The molecule has 3 aromatic rings. The molecule has 0 aliphatic carbocycles. The Morgan fingerprint density at radius 1 is 0.893 bits per heavy atom. The quantitative estimate of drug-likeness (QED) is 0.331. The fourth-order valence-electron chi connectivity index (χ4n) is 2.67. The van der Waals surface area contributed by atoms with Crippen LogP contribution in [0.15, 0.2) is 69.6 Å². The van der Waals surface area contributed by atoms with Gasteiger partial charge in [-0.1, -0.05) is 23.7 Å². The summed E-state index contributed by atoms with van der Waals surface area (Å²) in [5.74, 6) is 1.64. The Labute approximate surface area is 187 Å². The summed E-state index contributed by atoms with van der Waals surface area (Å²) < 4.78 is 13.2. The van der Waals surface area contributed by atoms with Gasteiger partial charge >= 0.3 is 0 Å². The Morgan fingerprint density at radius 3 is 2.25 bits per heavy atom. The maximum Gasteiger partial charge on any atom is 0.148 e. The molecule has 0 unspecified atom stereocenters. The van der Waals surface area contributed by atoms with Crippen LogP contribution in [0.25, 0.3) is 0 Å².